The van der Waals surface area contributed by atoms with Crippen molar-refractivity contribution in [2.24, 2.45) is 5.92 Å². The predicted octanol–water partition coefficient (Wildman–Crippen LogP) is 3.82. The van der Waals surface area contributed by atoms with Crippen LogP contribution in [0.2, 0.25) is 0 Å². The number of nitrogens with zero attached hydrogens (tertiary/aromatic N) is 4. The maximum atomic E-state index is 14.2. The van der Waals surface area contributed by atoms with E-state index in [9.17, 15) is 14.0 Å². The van der Waals surface area contributed by atoms with Crippen molar-refractivity contribution in [1.29, 1.82) is 0 Å². The molecule has 1 saturated heterocycles. The molecule has 2 aromatic carbocycles. The number of likely N-dealkylation sites (N-methyl/N-ethyl adjacent to an activating group) is 1. The lowest BCUT2D eigenvalue weighted by molar-refractivity contribution is -0.122. The summed E-state index contributed by atoms with van der Waals surface area (Å²) in [7, 11) is 2.10. The number of halogens is 1. The van der Waals surface area contributed by atoms with Gasteiger partial charge in [-0.2, -0.15) is 0 Å². The molecule has 1 fully saturated rings. The molecule has 3 aromatic rings. The van der Waals surface area contributed by atoms with Gasteiger partial charge >= 0.3 is 0 Å². The number of piperazine rings is 1. The minimum atomic E-state index is -0.606. The van der Waals surface area contributed by atoms with Crippen LogP contribution in [0.5, 0.6) is 0 Å². The van der Waals surface area contributed by atoms with Gasteiger partial charge in [0, 0.05) is 51.0 Å². The highest BCUT2D eigenvalue weighted by Gasteiger charge is 2.33. The van der Waals surface area contributed by atoms with Crippen LogP contribution >= 0.6 is 0 Å². The number of hydrogen-bond donors (Lipinski definition) is 1. The second kappa shape index (κ2) is 10.5. The van der Waals surface area contributed by atoms with E-state index in [1.54, 1.807) is 17.2 Å². The molecule has 2 aliphatic heterocycles. The molecular weight excluding hydrogens is 457 g/mol. The van der Waals surface area contributed by atoms with Crippen molar-refractivity contribution in [3.8, 4) is 0 Å². The average molecular weight is 488 g/mol. The third kappa shape index (κ3) is 5.23. The summed E-state index contributed by atoms with van der Waals surface area (Å²) in [5.74, 6) is -1.41. The number of fused-ring (bicyclic) bond motifs is 1. The number of Topliss-reactive ketones (excluding diaryl/α,β-unsaturated/α-hetero) is 1. The largest absolute Gasteiger partial charge is 0.383 e. The summed E-state index contributed by atoms with van der Waals surface area (Å²) in [6, 6.07) is 17.7. The van der Waals surface area contributed by atoms with E-state index in [1.807, 2.05) is 42.5 Å². The molecule has 3 heterocycles. The molecule has 1 aromatic heterocycles. The summed E-state index contributed by atoms with van der Waals surface area (Å²) in [4.78, 5) is 37.4. The standard InChI is InChI=1S/C28H30FN5O2/c1-32-11-13-33(14-12-32)23-9-10-30-25(17-23)27(35)15-21-18-31-24-8-7-22(29)16-26(24)34(28(21)36)19-20-5-3-2-4-6-20/h2-10,16-17,21,31H,11-15,18-19H2,1H3/t21-/m0/s1. The first-order valence-corrected chi connectivity index (χ1v) is 12.3. The summed E-state index contributed by atoms with van der Waals surface area (Å²) in [6.45, 7) is 4.29. The molecule has 5 rings (SSSR count). The fourth-order valence-electron chi connectivity index (χ4n) is 4.79. The molecule has 0 saturated carbocycles. The third-order valence-electron chi connectivity index (χ3n) is 6.92. The minimum Gasteiger partial charge on any atom is -0.383 e. The Morgan fingerprint density at radius 2 is 1.83 bits per heavy atom. The lowest BCUT2D eigenvalue weighted by atomic mass is 9.98. The Bertz CT molecular complexity index is 1240. The normalized spacial score (nSPS) is 18.4. The van der Waals surface area contributed by atoms with Gasteiger partial charge in [0.1, 0.15) is 11.5 Å². The number of aromatic nitrogens is 1. The lowest BCUT2D eigenvalue weighted by Crippen LogP contribution is -2.44. The van der Waals surface area contributed by atoms with Gasteiger partial charge in [-0.25, -0.2) is 4.39 Å². The molecule has 1 atom stereocenters. The maximum absolute atomic E-state index is 14.2. The van der Waals surface area contributed by atoms with Gasteiger partial charge in [-0.15, -0.1) is 0 Å². The molecule has 1 amide bonds. The molecule has 0 spiro atoms. The zero-order valence-electron chi connectivity index (χ0n) is 20.4. The Balaban J connectivity index is 1.37. The van der Waals surface area contributed by atoms with Gasteiger partial charge in [-0.3, -0.25) is 14.6 Å². The molecule has 1 N–H and O–H groups in total. The van der Waals surface area contributed by atoms with Gasteiger partial charge in [0.2, 0.25) is 5.91 Å². The highest BCUT2D eigenvalue weighted by molar-refractivity contribution is 6.04. The highest BCUT2D eigenvalue weighted by Crippen LogP contribution is 2.33. The van der Waals surface area contributed by atoms with E-state index in [2.05, 4.69) is 27.1 Å². The Morgan fingerprint density at radius 3 is 2.61 bits per heavy atom. The molecule has 0 unspecified atom stereocenters. The molecule has 36 heavy (non-hydrogen) atoms. The van der Waals surface area contributed by atoms with E-state index in [4.69, 9.17) is 0 Å². The smallest absolute Gasteiger partial charge is 0.232 e. The average Bonchev–Trinajstić information content (AvgIpc) is 3.02. The summed E-state index contributed by atoms with van der Waals surface area (Å²) in [6.07, 6.45) is 1.68. The van der Waals surface area contributed by atoms with E-state index in [-0.39, 0.29) is 24.7 Å². The number of benzene rings is 2. The number of rotatable bonds is 6. The van der Waals surface area contributed by atoms with Gasteiger partial charge in [0.05, 0.1) is 23.8 Å². The molecule has 0 bridgehead atoms. The molecule has 8 heteroatoms. The molecule has 0 radical (unpaired) electrons. The first-order valence-electron chi connectivity index (χ1n) is 12.3. The molecule has 2 aliphatic rings. The van der Waals surface area contributed by atoms with E-state index in [1.165, 1.54) is 12.1 Å². The number of carbonyl (C=O) groups excluding carboxylic acids is 2. The van der Waals surface area contributed by atoms with Crippen LogP contribution in [0.4, 0.5) is 21.5 Å². The number of nitrogens with one attached hydrogen (secondary N) is 1. The fourth-order valence-corrected chi connectivity index (χ4v) is 4.79. The van der Waals surface area contributed by atoms with E-state index in [0.29, 0.717) is 23.6 Å². The summed E-state index contributed by atoms with van der Waals surface area (Å²) in [5, 5.41) is 3.26. The van der Waals surface area contributed by atoms with Crippen molar-refractivity contribution >= 4 is 28.8 Å². The zero-order valence-corrected chi connectivity index (χ0v) is 20.4. The number of pyridine rings is 1. The van der Waals surface area contributed by atoms with Crippen molar-refractivity contribution in [2.75, 3.05) is 54.9 Å². The van der Waals surface area contributed by atoms with Crippen LogP contribution < -0.4 is 15.1 Å². The number of hydrogen-bond acceptors (Lipinski definition) is 6. The maximum Gasteiger partial charge on any atom is 0.232 e. The van der Waals surface area contributed by atoms with Gasteiger partial charge in [-0.1, -0.05) is 30.3 Å². The number of carbonyl (C=O) groups is 2. The van der Waals surface area contributed by atoms with Crippen LogP contribution in [0.15, 0.2) is 66.9 Å². The van der Waals surface area contributed by atoms with Gasteiger partial charge in [0.15, 0.2) is 5.78 Å². The van der Waals surface area contributed by atoms with Crippen molar-refractivity contribution < 1.29 is 14.0 Å². The van der Waals surface area contributed by atoms with Crippen LogP contribution in [-0.4, -0.2) is 61.3 Å². The highest BCUT2D eigenvalue weighted by atomic mass is 19.1. The number of ketones is 1. The van der Waals surface area contributed by atoms with Crippen LogP contribution in [0.25, 0.3) is 0 Å². The third-order valence-corrected chi connectivity index (χ3v) is 6.92. The van der Waals surface area contributed by atoms with Crippen LogP contribution in [0.1, 0.15) is 22.5 Å². The van der Waals surface area contributed by atoms with Gasteiger partial charge in [0.25, 0.3) is 0 Å². The summed E-state index contributed by atoms with van der Waals surface area (Å²) < 4.78 is 14.2. The first-order chi connectivity index (χ1) is 17.5. The van der Waals surface area contributed by atoms with Gasteiger partial charge < -0.3 is 20.0 Å². The second-order valence-corrected chi connectivity index (χ2v) is 9.47. The minimum absolute atomic E-state index is 0.0206. The van der Waals surface area contributed by atoms with Crippen LogP contribution in [-0.2, 0) is 11.3 Å². The zero-order chi connectivity index (χ0) is 25.1. The number of anilines is 3. The lowest BCUT2D eigenvalue weighted by Gasteiger charge is -2.34. The Hall–Kier alpha value is -3.78. The quantitative estimate of drug-likeness (QED) is 0.533. The van der Waals surface area contributed by atoms with E-state index >= 15 is 0 Å². The Morgan fingerprint density at radius 1 is 1.06 bits per heavy atom. The molecule has 0 aliphatic carbocycles. The molecular formula is C28H30FN5O2. The predicted molar refractivity (Wildman–Crippen MR) is 139 cm³/mol. The molecule has 7 nitrogen and oxygen atoms in total. The fraction of sp³-hybridized carbons (Fsp3) is 0.321. The van der Waals surface area contributed by atoms with Crippen molar-refractivity contribution in [3.63, 3.8) is 0 Å². The van der Waals surface area contributed by atoms with Crippen LogP contribution in [0.3, 0.4) is 0 Å². The van der Waals surface area contributed by atoms with Crippen molar-refractivity contribution in [2.45, 2.75) is 13.0 Å². The van der Waals surface area contributed by atoms with E-state index < -0.39 is 11.7 Å². The number of amides is 1. The van der Waals surface area contributed by atoms with Gasteiger partial charge in [-0.05, 0) is 42.9 Å². The second-order valence-electron chi connectivity index (χ2n) is 9.47. The Labute approximate surface area is 210 Å². The van der Waals surface area contributed by atoms with Crippen molar-refractivity contribution in [3.05, 3.63) is 83.9 Å². The monoisotopic (exact) mass is 487 g/mol. The van der Waals surface area contributed by atoms with Crippen LogP contribution in [0, 0.1) is 11.7 Å². The SMILES string of the molecule is CN1CCN(c2ccnc(C(=O)C[C@H]3CNc4ccc(F)cc4N(Cc4ccccc4)C3=O)c2)CC1. The molecule has 186 valence electrons. The Kier molecular flexibility index (Phi) is 6.95. The van der Waals surface area contributed by atoms with E-state index in [0.717, 1.165) is 37.4 Å². The van der Waals surface area contributed by atoms with Crippen molar-refractivity contribution in [1.82, 2.24) is 9.88 Å². The first kappa shape index (κ1) is 23.9. The summed E-state index contributed by atoms with van der Waals surface area (Å²) in [5.41, 5.74) is 3.41. The summed E-state index contributed by atoms with van der Waals surface area (Å²) >= 11 is 0. The topological polar surface area (TPSA) is 68.8 Å².